The molecule has 0 bridgehead atoms. The van der Waals surface area contributed by atoms with Crippen molar-refractivity contribution in [3.8, 4) is 16.9 Å². The van der Waals surface area contributed by atoms with Crippen LogP contribution in [0.3, 0.4) is 0 Å². The molecular weight excluding hydrogens is 658 g/mol. The number of halogens is 3. The molecule has 1 aliphatic carbocycles. The molecule has 0 atom stereocenters. The molecule has 49 heavy (non-hydrogen) atoms. The number of aromatic nitrogens is 4. The normalized spacial score (nSPS) is 16.8. The Morgan fingerprint density at radius 2 is 1.84 bits per heavy atom. The van der Waals surface area contributed by atoms with E-state index in [0.717, 1.165) is 30.8 Å². The van der Waals surface area contributed by atoms with Crippen LogP contribution in [0, 0.1) is 5.92 Å². The average Bonchev–Trinajstić information content (AvgIpc) is 3.82. The van der Waals surface area contributed by atoms with Crippen molar-refractivity contribution in [2.24, 2.45) is 18.7 Å². The Morgan fingerprint density at radius 1 is 1.10 bits per heavy atom. The van der Waals surface area contributed by atoms with Gasteiger partial charge in [0.15, 0.2) is 11.4 Å². The third-order valence-electron chi connectivity index (χ3n) is 8.77. The lowest BCUT2D eigenvalue weighted by molar-refractivity contribution is -0.193. The van der Waals surface area contributed by atoms with E-state index in [9.17, 15) is 23.2 Å². The summed E-state index contributed by atoms with van der Waals surface area (Å²) in [6.07, 6.45) is 5.07. The molecule has 0 spiro atoms. The first-order valence-corrected chi connectivity index (χ1v) is 16.5. The zero-order valence-corrected chi connectivity index (χ0v) is 28.2. The largest absolute Gasteiger partial charge is 0.482 e. The third kappa shape index (κ3) is 7.14. The predicted molar refractivity (Wildman–Crippen MR) is 179 cm³/mol. The number of hydrogen-bond acceptors (Lipinski definition) is 7. The van der Waals surface area contributed by atoms with Crippen molar-refractivity contribution in [3.63, 3.8) is 0 Å². The summed E-state index contributed by atoms with van der Waals surface area (Å²) in [6.45, 7) is 1.66. The summed E-state index contributed by atoms with van der Waals surface area (Å²) in [5.41, 5.74) is 8.48. The molecular formula is C34H37ClF2N8O4. The van der Waals surface area contributed by atoms with Gasteiger partial charge in [-0.25, -0.2) is 9.78 Å². The number of hydrogen-bond donors (Lipinski definition) is 1. The van der Waals surface area contributed by atoms with Crippen LogP contribution in [0.2, 0.25) is 5.02 Å². The molecule has 4 aromatic rings. The summed E-state index contributed by atoms with van der Waals surface area (Å²) < 4.78 is 36.0. The van der Waals surface area contributed by atoms with Gasteiger partial charge in [0.05, 0.1) is 40.4 Å². The fourth-order valence-electron chi connectivity index (χ4n) is 6.12. The van der Waals surface area contributed by atoms with E-state index in [2.05, 4.69) is 15.1 Å². The highest BCUT2D eigenvalue weighted by Gasteiger charge is 2.50. The van der Waals surface area contributed by atoms with Crippen molar-refractivity contribution in [2.45, 2.75) is 51.2 Å². The Hall–Kier alpha value is -4.85. The summed E-state index contributed by atoms with van der Waals surface area (Å²) in [7, 11) is 5.34. The fourth-order valence-corrected chi connectivity index (χ4v) is 6.23. The van der Waals surface area contributed by atoms with Crippen molar-refractivity contribution in [1.29, 1.82) is 0 Å². The first kappa shape index (κ1) is 34.0. The molecule has 1 saturated carbocycles. The van der Waals surface area contributed by atoms with Gasteiger partial charge in [0.2, 0.25) is 0 Å². The maximum Gasteiger partial charge on any atom is 0.482 e. The van der Waals surface area contributed by atoms with Gasteiger partial charge >= 0.3 is 18.0 Å². The molecule has 0 radical (unpaired) electrons. The molecule has 15 heteroatoms. The van der Waals surface area contributed by atoms with Gasteiger partial charge in [-0.05, 0) is 74.3 Å². The van der Waals surface area contributed by atoms with Gasteiger partial charge in [-0.2, -0.15) is 13.9 Å². The quantitative estimate of drug-likeness (QED) is 0.285. The van der Waals surface area contributed by atoms with Gasteiger partial charge in [-0.1, -0.05) is 17.7 Å². The number of rotatable bonds is 6. The van der Waals surface area contributed by atoms with E-state index >= 15 is 0 Å². The van der Waals surface area contributed by atoms with E-state index in [1.54, 1.807) is 55.1 Å². The maximum atomic E-state index is 14.8. The molecule has 258 valence electrons. The second-order valence-electron chi connectivity index (χ2n) is 12.7. The lowest BCUT2D eigenvalue weighted by Crippen LogP contribution is -2.50. The monoisotopic (exact) mass is 694 g/mol. The summed E-state index contributed by atoms with van der Waals surface area (Å²) >= 11 is 5.88. The van der Waals surface area contributed by atoms with Crippen molar-refractivity contribution in [3.05, 3.63) is 64.7 Å². The van der Waals surface area contributed by atoms with E-state index in [1.165, 1.54) is 37.6 Å². The minimum Gasteiger partial charge on any atom is -0.423 e. The second kappa shape index (κ2) is 13.6. The maximum absolute atomic E-state index is 14.8. The number of nitrogens with two attached hydrogens (primary N) is 1. The topological polar surface area (TPSA) is 140 Å². The van der Waals surface area contributed by atoms with Gasteiger partial charge in [0, 0.05) is 51.4 Å². The Morgan fingerprint density at radius 3 is 2.47 bits per heavy atom. The number of alkyl halides is 2. The number of amides is 4. The number of pyridine rings is 2. The lowest BCUT2D eigenvalue weighted by atomic mass is 9.93. The molecule has 4 amide bonds. The van der Waals surface area contributed by atoms with Gasteiger partial charge in [0.1, 0.15) is 0 Å². The van der Waals surface area contributed by atoms with Gasteiger partial charge in [0.25, 0.3) is 5.91 Å². The van der Waals surface area contributed by atoms with Crippen molar-refractivity contribution in [2.75, 3.05) is 32.1 Å². The van der Waals surface area contributed by atoms with E-state index in [4.69, 9.17) is 22.1 Å². The number of carbonyl (C=O) groups excluding carboxylic acids is 3. The van der Waals surface area contributed by atoms with Crippen LogP contribution in [0.5, 0.6) is 5.75 Å². The Bertz CT molecular complexity index is 1910. The standard InChI is InChI=1S/C26H21ClF2N6O3.C8H16N2O/c1-34-24-17(11-32-34)21(22(23(30)36)18(33-24)8-13-2-3-13)14-4-7-19-20(9-14)38-26(28,29)25(37)35(19)12-16-6-5-15(27)10-31-16;1-9(2)8(11)10-6-4-3-5-7-10/h4-7,9-11,13H,2-3,8,12H2,1H3,(H2,30,36);3-7H2,1-2H3. The van der Waals surface area contributed by atoms with E-state index in [0.29, 0.717) is 50.9 Å². The number of anilines is 1. The molecule has 1 saturated heterocycles. The van der Waals surface area contributed by atoms with E-state index in [1.807, 2.05) is 4.90 Å². The first-order chi connectivity index (χ1) is 23.3. The Balaban J connectivity index is 0.000000324. The van der Waals surface area contributed by atoms with Crippen molar-refractivity contribution in [1.82, 2.24) is 29.5 Å². The molecule has 1 aromatic carbocycles. The zero-order chi connectivity index (χ0) is 35.0. The number of aryl methyl sites for hydroxylation is 1. The van der Waals surface area contributed by atoms with Gasteiger partial charge in [-0.3, -0.25) is 24.2 Å². The Labute approximate surface area is 286 Å². The highest BCUT2D eigenvalue weighted by atomic mass is 35.5. The summed E-state index contributed by atoms with van der Waals surface area (Å²) in [6, 6.07) is 7.79. The number of primary amides is 1. The van der Waals surface area contributed by atoms with Crippen LogP contribution in [-0.2, 0) is 24.8 Å². The highest BCUT2D eigenvalue weighted by Crippen LogP contribution is 2.44. The summed E-state index contributed by atoms with van der Waals surface area (Å²) in [5, 5.41) is 5.21. The van der Waals surface area contributed by atoms with Crippen LogP contribution in [0.4, 0.5) is 19.3 Å². The van der Waals surface area contributed by atoms with Crippen molar-refractivity contribution < 1.29 is 27.9 Å². The van der Waals surface area contributed by atoms with Crippen LogP contribution in [0.15, 0.2) is 42.7 Å². The number of piperidine rings is 1. The number of urea groups is 1. The van der Waals surface area contributed by atoms with E-state index in [-0.39, 0.29) is 29.6 Å². The molecule has 2 fully saturated rings. The van der Waals surface area contributed by atoms with Crippen LogP contribution in [-0.4, -0.2) is 80.7 Å². The van der Waals surface area contributed by atoms with Crippen LogP contribution in [0.25, 0.3) is 22.2 Å². The molecule has 7 rings (SSSR count). The smallest absolute Gasteiger partial charge is 0.423 e. The first-order valence-electron chi connectivity index (χ1n) is 16.1. The van der Waals surface area contributed by atoms with Gasteiger partial charge in [-0.15, -0.1) is 0 Å². The Kier molecular flexibility index (Phi) is 9.43. The molecule has 2 aliphatic heterocycles. The SMILES string of the molecule is CN(C)C(=O)N1CCCCC1.Cn1ncc2c(-c3ccc4c(c3)OC(F)(F)C(=O)N4Cc3ccc(Cl)cn3)c(C(N)=O)c(CC3CC3)nc21. The fraction of sp³-hybridized carbons (Fsp3) is 0.412. The molecule has 3 aliphatic rings. The summed E-state index contributed by atoms with van der Waals surface area (Å²) in [5.74, 6) is -2.01. The zero-order valence-electron chi connectivity index (χ0n) is 27.5. The van der Waals surface area contributed by atoms with Gasteiger partial charge < -0.3 is 20.3 Å². The molecule has 5 heterocycles. The predicted octanol–water partition coefficient (Wildman–Crippen LogP) is 5.41. The van der Waals surface area contributed by atoms with E-state index < -0.39 is 17.9 Å². The number of nitrogens with zero attached hydrogens (tertiary/aromatic N) is 7. The van der Waals surface area contributed by atoms with Crippen LogP contribution >= 0.6 is 11.6 Å². The van der Waals surface area contributed by atoms with Crippen molar-refractivity contribution >= 4 is 46.2 Å². The number of benzene rings is 1. The third-order valence-corrected chi connectivity index (χ3v) is 8.99. The number of likely N-dealkylation sites (tertiary alicyclic amines) is 1. The highest BCUT2D eigenvalue weighted by molar-refractivity contribution is 6.30. The number of carbonyl (C=O) groups is 3. The average molecular weight is 695 g/mol. The molecule has 2 N–H and O–H groups in total. The minimum absolute atomic E-state index is 0.136. The molecule has 0 unspecified atom stereocenters. The lowest BCUT2D eigenvalue weighted by Gasteiger charge is -2.33. The minimum atomic E-state index is -4.11. The number of ether oxygens (including phenoxy) is 1. The van der Waals surface area contributed by atoms with Crippen LogP contribution < -0.4 is 15.4 Å². The van der Waals surface area contributed by atoms with Crippen LogP contribution in [0.1, 0.15) is 53.8 Å². The molecule has 12 nitrogen and oxygen atoms in total. The molecule has 3 aromatic heterocycles. The number of fused-ring (bicyclic) bond motifs is 2. The summed E-state index contributed by atoms with van der Waals surface area (Å²) in [4.78, 5) is 50.0. The second-order valence-corrected chi connectivity index (χ2v) is 13.1.